The van der Waals surface area contributed by atoms with Crippen LogP contribution in [-0.4, -0.2) is 32.8 Å². The van der Waals surface area contributed by atoms with Gasteiger partial charge in [0.15, 0.2) is 0 Å². The van der Waals surface area contributed by atoms with Gasteiger partial charge in [-0.05, 0) is 44.7 Å². The molecule has 2 atom stereocenters. The average molecular weight is 310 g/mol. The van der Waals surface area contributed by atoms with Gasteiger partial charge in [0.1, 0.15) is 0 Å². The highest BCUT2D eigenvalue weighted by molar-refractivity contribution is 7.89. The van der Waals surface area contributed by atoms with Crippen molar-refractivity contribution in [2.24, 2.45) is 0 Å². The number of piperidine rings is 1. The van der Waals surface area contributed by atoms with Crippen molar-refractivity contribution in [3.63, 3.8) is 0 Å². The fourth-order valence-electron chi connectivity index (χ4n) is 2.77. The predicted octanol–water partition coefficient (Wildman–Crippen LogP) is 2.07. The molecule has 2 N–H and O–H groups in total. The van der Waals surface area contributed by atoms with E-state index in [0.29, 0.717) is 0 Å². The lowest BCUT2D eigenvalue weighted by Crippen LogP contribution is -2.44. The number of rotatable bonds is 7. The topological polar surface area (TPSA) is 58.2 Å². The summed E-state index contributed by atoms with van der Waals surface area (Å²) in [7, 11) is -3.20. The highest BCUT2D eigenvalue weighted by Gasteiger charge is 2.22. The molecule has 0 amide bonds. The molecule has 1 heterocycles. The monoisotopic (exact) mass is 310 g/mol. The lowest BCUT2D eigenvalue weighted by atomic mass is 10.1. The summed E-state index contributed by atoms with van der Waals surface area (Å²) in [6.45, 7) is 2.87. The third-order valence-corrected chi connectivity index (χ3v) is 5.53. The molecular weight excluding hydrogens is 284 g/mol. The molecule has 4 nitrogen and oxygen atoms in total. The largest absolute Gasteiger partial charge is 0.313 e. The number of hydrogen-bond acceptors (Lipinski definition) is 3. The van der Waals surface area contributed by atoms with E-state index < -0.39 is 10.0 Å². The summed E-state index contributed by atoms with van der Waals surface area (Å²) >= 11 is 0. The molecule has 1 fully saturated rings. The third-order valence-electron chi connectivity index (χ3n) is 3.92. The summed E-state index contributed by atoms with van der Waals surface area (Å²) in [6.07, 6.45) is 4.95. The van der Waals surface area contributed by atoms with Gasteiger partial charge in [0, 0.05) is 12.1 Å². The summed E-state index contributed by atoms with van der Waals surface area (Å²) in [5, 5.41) is 3.29. The first-order chi connectivity index (χ1) is 10.1. The molecule has 0 bridgehead atoms. The van der Waals surface area contributed by atoms with Gasteiger partial charge in [-0.2, -0.15) is 0 Å². The van der Waals surface area contributed by atoms with E-state index in [-0.39, 0.29) is 17.8 Å². The summed E-state index contributed by atoms with van der Waals surface area (Å²) in [5.41, 5.74) is 1.25. The highest BCUT2D eigenvalue weighted by Crippen LogP contribution is 2.10. The van der Waals surface area contributed by atoms with Crippen molar-refractivity contribution in [3.8, 4) is 0 Å². The highest BCUT2D eigenvalue weighted by atomic mass is 32.2. The standard InChI is InChI=1S/C16H26N2O2S/c1-14(10-11-15-7-3-2-4-8-15)18-21(19,20)13-16-9-5-6-12-17-16/h2-4,7-8,14,16-18H,5-6,9-13H2,1H3. The minimum Gasteiger partial charge on any atom is -0.313 e. The number of aryl methyl sites for hydroxylation is 1. The molecule has 2 rings (SSSR count). The SMILES string of the molecule is CC(CCc1ccccc1)NS(=O)(=O)CC1CCCCN1. The molecule has 1 aromatic rings. The number of sulfonamides is 1. The summed E-state index contributed by atoms with van der Waals surface area (Å²) < 4.78 is 27.1. The number of hydrogen-bond donors (Lipinski definition) is 2. The summed E-state index contributed by atoms with van der Waals surface area (Å²) in [5.74, 6) is 0.197. The smallest absolute Gasteiger partial charge is 0.213 e. The molecule has 1 saturated heterocycles. The Hall–Kier alpha value is -0.910. The molecule has 0 radical (unpaired) electrons. The summed E-state index contributed by atoms with van der Waals surface area (Å²) in [4.78, 5) is 0. The second kappa shape index (κ2) is 7.92. The first-order valence-corrected chi connectivity index (χ1v) is 9.48. The Kier molecular flexibility index (Phi) is 6.21. The Labute approximate surface area is 128 Å². The van der Waals surface area contributed by atoms with Crippen LogP contribution < -0.4 is 10.0 Å². The van der Waals surface area contributed by atoms with Crippen LogP contribution in [0.2, 0.25) is 0 Å². The van der Waals surface area contributed by atoms with Crippen LogP contribution in [-0.2, 0) is 16.4 Å². The van der Waals surface area contributed by atoms with Crippen LogP contribution in [0.5, 0.6) is 0 Å². The molecular formula is C16H26N2O2S. The number of nitrogens with one attached hydrogen (secondary N) is 2. The van der Waals surface area contributed by atoms with Crippen LogP contribution >= 0.6 is 0 Å². The molecule has 5 heteroatoms. The van der Waals surface area contributed by atoms with E-state index in [0.717, 1.165) is 38.6 Å². The van der Waals surface area contributed by atoms with Gasteiger partial charge in [0.05, 0.1) is 5.75 Å². The van der Waals surface area contributed by atoms with E-state index in [2.05, 4.69) is 22.2 Å². The number of benzene rings is 1. The minimum atomic E-state index is -3.20. The minimum absolute atomic E-state index is 0.0289. The van der Waals surface area contributed by atoms with Crippen molar-refractivity contribution in [1.82, 2.24) is 10.0 Å². The Morgan fingerprint density at radius 3 is 2.71 bits per heavy atom. The van der Waals surface area contributed by atoms with Gasteiger partial charge in [0.25, 0.3) is 0 Å². The van der Waals surface area contributed by atoms with E-state index in [1.54, 1.807) is 0 Å². The molecule has 2 unspecified atom stereocenters. The van der Waals surface area contributed by atoms with Gasteiger partial charge in [-0.15, -0.1) is 0 Å². The first-order valence-electron chi connectivity index (χ1n) is 7.82. The summed E-state index contributed by atoms with van der Waals surface area (Å²) in [6, 6.07) is 10.3. The van der Waals surface area contributed by atoms with Crippen molar-refractivity contribution in [1.29, 1.82) is 0 Å². The van der Waals surface area contributed by atoms with Gasteiger partial charge in [-0.3, -0.25) is 0 Å². The predicted molar refractivity (Wildman–Crippen MR) is 86.8 cm³/mol. The van der Waals surface area contributed by atoms with Gasteiger partial charge in [-0.1, -0.05) is 36.8 Å². The third kappa shape index (κ3) is 6.16. The zero-order chi connectivity index (χ0) is 15.1. The Morgan fingerprint density at radius 1 is 1.29 bits per heavy atom. The van der Waals surface area contributed by atoms with Crippen molar-refractivity contribution in [2.75, 3.05) is 12.3 Å². The quantitative estimate of drug-likeness (QED) is 0.810. The zero-order valence-corrected chi connectivity index (χ0v) is 13.5. The van der Waals surface area contributed by atoms with Crippen molar-refractivity contribution in [2.45, 2.75) is 51.1 Å². The molecule has 21 heavy (non-hydrogen) atoms. The van der Waals surface area contributed by atoms with Crippen LogP contribution in [0, 0.1) is 0 Å². The molecule has 0 spiro atoms. The normalized spacial score (nSPS) is 21.1. The zero-order valence-electron chi connectivity index (χ0n) is 12.7. The molecule has 1 aromatic carbocycles. The van der Waals surface area contributed by atoms with E-state index in [9.17, 15) is 8.42 Å². The Bertz CT molecular complexity index is 510. The van der Waals surface area contributed by atoms with Crippen LogP contribution in [0.1, 0.15) is 38.2 Å². The van der Waals surface area contributed by atoms with Gasteiger partial charge < -0.3 is 5.32 Å². The average Bonchev–Trinajstić information content (AvgIpc) is 2.46. The van der Waals surface area contributed by atoms with Crippen molar-refractivity contribution >= 4 is 10.0 Å². The van der Waals surface area contributed by atoms with E-state index >= 15 is 0 Å². The lowest BCUT2D eigenvalue weighted by molar-refractivity contribution is 0.421. The second-order valence-corrected chi connectivity index (χ2v) is 7.77. The Balaban J connectivity index is 1.76. The van der Waals surface area contributed by atoms with Gasteiger partial charge in [0.2, 0.25) is 10.0 Å². The van der Waals surface area contributed by atoms with Gasteiger partial charge in [-0.25, -0.2) is 13.1 Å². The van der Waals surface area contributed by atoms with Gasteiger partial charge >= 0.3 is 0 Å². The molecule has 118 valence electrons. The molecule has 1 aliphatic heterocycles. The van der Waals surface area contributed by atoms with Crippen LogP contribution in [0.3, 0.4) is 0 Å². The van der Waals surface area contributed by atoms with E-state index in [1.807, 2.05) is 25.1 Å². The molecule has 0 saturated carbocycles. The van der Waals surface area contributed by atoms with Crippen molar-refractivity contribution in [3.05, 3.63) is 35.9 Å². The fourth-order valence-corrected chi connectivity index (χ4v) is 4.41. The molecule has 0 aromatic heterocycles. The fraction of sp³-hybridized carbons (Fsp3) is 0.625. The first kappa shape index (κ1) is 16.5. The van der Waals surface area contributed by atoms with E-state index in [4.69, 9.17) is 0 Å². The van der Waals surface area contributed by atoms with Crippen LogP contribution in [0.4, 0.5) is 0 Å². The maximum absolute atomic E-state index is 12.2. The van der Waals surface area contributed by atoms with Crippen molar-refractivity contribution < 1.29 is 8.42 Å². The van der Waals surface area contributed by atoms with Crippen LogP contribution in [0.15, 0.2) is 30.3 Å². The molecule has 1 aliphatic rings. The molecule has 0 aliphatic carbocycles. The lowest BCUT2D eigenvalue weighted by Gasteiger charge is -2.24. The second-order valence-electron chi connectivity index (χ2n) is 5.97. The van der Waals surface area contributed by atoms with E-state index in [1.165, 1.54) is 5.56 Å². The maximum atomic E-state index is 12.2. The maximum Gasteiger partial charge on any atom is 0.213 e. The van der Waals surface area contributed by atoms with Crippen LogP contribution in [0.25, 0.3) is 0 Å². The Morgan fingerprint density at radius 2 is 2.05 bits per heavy atom.